The largest absolute Gasteiger partial charge is 0.443 e. The zero-order chi connectivity index (χ0) is 8.39. The number of hydrogen-bond acceptors (Lipinski definition) is 3. The lowest BCUT2D eigenvalue weighted by atomic mass is 10.1. The van der Waals surface area contributed by atoms with Crippen LogP contribution in [0.15, 0.2) is 29.0 Å². The normalized spacial score (nSPS) is 10.8. The van der Waals surface area contributed by atoms with Crippen molar-refractivity contribution in [3.8, 4) is 0 Å². The third-order valence-electron chi connectivity index (χ3n) is 1.83. The molecular formula is C9H10N2O. The second-order valence-electron chi connectivity index (χ2n) is 2.69. The van der Waals surface area contributed by atoms with Gasteiger partial charge in [0.05, 0.1) is 0 Å². The lowest BCUT2D eigenvalue weighted by Crippen LogP contribution is -2.02. The Morgan fingerprint density at radius 3 is 3.17 bits per heavy atom. The first kappa shape index (κ1) is 7.31. The van der Waals surface area contributed by atoms with Gasteiger partial charge in [-0.25, -0.2) is 4.98 Å². The Kier molecular flexibility index (Phi) is 1.80. The summed E-state index contributed by atoms with van der Waals surface area (Å²) in [7, 11) is 0. The number of hydrogen-bond donors (Lipinski definition) is 1. The molecule has 1 aromatic heterocycles. The SMILES string of the molecule is NCCc1ccc2ncoc2c1. The van der Waals surface area contributed by atoms with E-state index in [1.165, 1.54) is 12.0 Å². The molecule has 1 heterocycles. The molecule has 0 bridgehead atoms. The van der Waals surface area contributed by atoms with Crippen LogP contribution in [-0.4, -0.2) is 11.5 Å². The van der Waals surface area contributed by atoms with Crippen LogP contribution in [0.2, 0.25) is 0 Å². The maximum Gasteiger partial charge on any atom is 0.181 e. The molecule has 0 atom stereocenters. The molecule has 12 heavy (non-hydrogen) atoms. The number of nitrogens with zero attached hydrogens (tertiary/aromatic N) is 1. The summed E-state index contributed by atoms with van der Waals surface area (Å²) in [6.45, 7) is 0.666. The first-order chi connectivity index (χ1) is 5.90. The maximum absolute atomic E-state index is 5.43. The Labute approximate surface area is 70.2 Å². The van der Waals surface area contributed by atoms with Gasteiger partial charge in [-0.3, -0.25) is 0 Å². The highest BCUT2D eigenvalue weighted by Gasteiger charge is 1.98. The fourth-order valence-corrected chi connectivity index (χ4v) is 1.22. The van der Waals surface area contributed by atoms with Crippen molar-refractivity contribution in [1.29, 1.82) is 0 Å². The van der Waals surface area contributed by atoms with Crippen molar-refractivity contribution in [3.05, 3.63) is 30.2 Å². The Bertz CT molecular complexity index is 381. The summed E-state index contributed by atoms with van der Waals surface area (Å²) in [6, 6.07) is 5.96. The molecule has 0 amide bonds. The minimum absolute atomic E-state index is 0.666. The highest BCUT2D eigenvalue weighted by atomic mass is 16.3. The smallest absolute Gasteiger partial charge is 0.181 e. The van der Waals surface area contributed by atoms with Gasteiger partial charge < -0.3 is 10.2 Å². The molecule has 0 unspecified atom stereocenters. The van der Waals surface area contributed by atoms with Gasteiger partial charge in [0.2, 0.25) is 0 Å². The van der Waals surface area contributed by atoms with E-state index in [-0.39, 0.29) is 0 Å². The van der Waals surface area contributed by atoms with E-state index in [2.05, 4.69) is 4.98 Å². The molecule has 2 rings (SSSR count). The van der Waals surface area contributed by atoms with Crippen molar-refractivity contribution in [2.45, 2.75) is 6.42 Å². The lowest BCUT2D eigenvalue weighted by molar-refractivity contribution is 0.601. The van der Waals surface area contributed by atoms with Crippen LogP contribution in [0.25, 0.3) is 11.1 Å². The minimum atomic E-state index is 0.666. The molecule has 62 valence electrons. The van der Waals surface area contributed by atoms with E-state index in [1.807, 2.05) is 18.2 Å². The Balaban J connectivity index is 2.46. The standard InChI is InChI=1S/C9H10N2O/c10-4-3-7-1-2-8-9(5-7)12-6-11-8/h1-2,5-6H,3-4,10H2. The van der Waals surface area contributed by atoms with Gasteiger partial charge in [-0.05, 0) is 30.7 Å². The molecule has 0 spiro atoms. The summed E-state index contributed by atoms with van der Waals surface area (Å²) >= 11 is 0. The van der Waals surface area contributed by atoms with Crippen LogP contribution < -0.4 is 5.73 Å². The van der Waals surface area contributed by atoms with Gasteiger partial charge in [-0.2, -0.15) is 0 Å². The van der Waals surface area contributed by atoms with E-state index < -0.39 is 0 Å². The van der Waals surface area contributed by atoms with Gasteiger partial charge >= 0.3 is 0 Å². The summed E-state index contributed by atoms with van der Waals surface area (Å²) < 4.78 is 5.15. The van der Waals surface area contributed by atoms with E-state index >= 15 is 0 Å². The molecule has 0 aliphatic heterocycles. The molecule has 2 N–H and O–H groups in total. The average molecular weight is 162 g/mol. The van der Waals surface area contributed by atoms with Crippen molar-refractivity contribution < 1.29 is 4.42 Å². The van der Waals surface area contributed by atoms with E-state index in [0.717, 1.165) is 17.5 Å². The molecule has 1 aromatic carbocycles. The van der Waals surface area contributed by atoms with Crippen LogP contribution in [0.4, 0.5) is 0 Å². The number of aromatic nitrogens is 1. The molecule has 0 aliphatic rings. The van der Waals surface area contributed by atoms with Crippen molar-refractivity contribution >= 4 is 11.1 Å². The van der Waals surface area contributed by atoms with E-state index in [4.69, 9.17) is 10.2 Å². The van der Waals surface area contributed by atoms with Crippen LogP contribution in [0.1, 0.15) is 5.56 Å². The molecule has 2 aromatic rings. The predicted octanol–water partition coefficient (Wildman–Crippen LogP) is 1.33. The minimum Gasteiger partial charge on any atom is -0.443 e. The third kappa shape index (κ3) is 1.19. The summed E-state index contributed by atoms with van der Waals surface area (Å²) in [6.07, 6.45) is 2.34. The van der Waals surface area contributed by atoms with Gasteiger partial charge in [-0.15, -0.1) is 0 Å². The number of oxazole rings is 1. The molecule has 0 fully saturated rings. The third-order valence-corrected chi connectivity index (χ3v) is 1.83. The summed E-state index contributed by atoms with van der Waals surface area (Å²) in [4.78, 5) is 4.02. The van der Waals surface area contributed by atoms with Gasteiger partial charge in [-0.1, -0.05) is 6.07 Å². The Morgan fingerprint density at radius 2 is 2.33 bits per heavy atom. The van der Waals surface area contributed by atoms with E-state index in [0.29, 0.717) is 6.54 Å². The van der Waals surface area contributed by atoms with E-state index in [1.54, 1.807) is 0 Å². The van der Waals surface area contributed by atoms with Gasteiger partial charge in [0.15, 0.2) is 12.0 Å². The second-order valence-corrected chi connectivity index (χ2v) is 2.69. The molecule has 0 saturated carbocycles. The maximum atomic E-state index is 5.43. The number of rotatable bonds is 2. The Morgan fingerprint density at radius 1 is 1.42 bits per heavy atom. The number of benzene rings is 1. The monoisotopic (exact) mass is 162 g/mol. The molecular weight excluding hydrogens is 152 g/mol. The summed E-state index contributed by atoms with van der Waals surface area (Å²) in [5, 5.41) is 0. The predicted molar refractivity (Wildman–Crippen MR) is 46.8 cm³/mol. The first-order valence-corrected chi connectivity index (χ1v) is 3.92. The van der Waals surface area contributed by atoms with Gasteiger partial charge in [0.25, 0.3) is 0 Å². The highest BCUT2D eigenvalue weighted by molar-refractivity contribution is 5.72. The summed E-state index contributed by atoms with van der Waals surface area (Å²) in [5.74, 6) is 0. The lowest BCUT2D eigenvalue weighted by Gasteiger charge is -1.95. The number of nitrogens with two attached hydrogens (primary N) is 1. The zero-order valence-electron chi connectivity index (χ0n) is 6.66. The zero-order valence-corrected chi connectivity index (χ0v) is 6.66. The fourth-order valence-electron chi connectivity index (χ4n) is 1.22. The topological polar surface area (TPSA) is 52.0 Å². The quantitative estimate of drug-likeness (QED) is 0.724. The van der Waals surface area contributed by atoms with Crippen molar-refractivity contribution in [3.63, 3.8) is 0 Å². The first-order valence-electron chi connectivity index (χ1n) is 3.92. The second kappa shape index (κ2) is 2.95. The van der Waals surface area contributed by atoms with Crippen LogP contribution >= 0.6 is 0 Å². The van der Waals surface area contributed by atoms with Crippen LogP contribution in [0.3, 0.4) is 0 Å². The summed E-state index contributed by atoms with van der Waals surface area (Å²) in [5.41, 5.74) is 8.36. The van der Waals surface area contributed by atoms with Crippen molar-refractivity contribution in [2.24, 2.45) is 5.73 Å². The highest BCUT2D eigenvalue weighted by Crippen LogP contribution is 2.13. The van der Waals surface area contributed by atoms with Crippen LogP contribution in [0, 0.1) is 0 Å². The van der Waals surface area contributed by atoms with Crippen LogP contribution in [0.5, 0.6) is 0 Å². The molecule has 3 heteroatoms. The number of fused-ring (bicyclic) bond motifs is 1. The molecule has 0 radical (unpaired) electrons. The van der Waals surface area contributed by atoms with Crippen molar-refractivity contribution in [2.75, 3.05) is 6.54 Å². The van der Waals surface area contributed by atoms with Crippen molar-refractivity contribution in [1.82, 2.24) is 4.98 Å². The molecule has 0 aliphatic carbocycles. The van der Waals surface area contributed by atoms with Crippen LogP contribution in [-0.2, 0) is 6.42 Å². The Hall–Kier alpha value is -1.35. The molecule has 0 saturated heterocycles. The average Bonchev–Trinajstić information content (AvgIpc) is 2.51. The van der Waals surface area contributed by atoms with E-state index in [9.17, 15) is 0 Å². The molecule has 3 nitrogen and oxygen atoms in total. The fraction of sp³-hybridized carbons (Fsp3) is 0.222. The van der Waals surface area contributed by atoms with Gasteiger partial charge in [0.1, 0.15) is 5.52 Å². The van der Waals surface area contributed by atoms with Gasteiger partial charge in [0, 0.05) is 0 Å².